The maximum atomic E-state index is 13.6. The number of alkyl halides is 1. The van der Waals surface area contributed by atoms with Gasteiger partial charge in [0.05, 0.1) is 34.7 Å². The van der Waals surface area contributed by atoms with Crippen LogP contribution in [0.15, 0.2) is 52.1 Å². The lowest BCUT2D eigenvalue weighted by atomic mass is 10.1. The molecule has 2 aromatic heterocycles. The van der Waals surface area contributed by atoms with E-state index in [-0.39, 0.29) is 17.3 Å². The maximum absolute atomic E-state index is 13.6. The molecule has 0 saturated heterocycles. The van der Waals surface area contributed by atoms with Crippen molar-refractivity contribution in [2.45, 2.75) is 50.7 Å². The van der Waals surface area contributed by atoms with Crippen molar-refractivity contribution in [3.8, 4) is 0 Å². The van der Waals surface area contributed by atoms with Gasteiger partial charge in [0.25, 0.3) is 5.56 Å². The van der Waals surface area contributed by atoms with Crippen LogP contribution in [-0.4, -0.2) is 25.8 Å². The predicted molar refractivity (Wildman–Crippen MR) is 123 cm³/mol. The average molecular weight is 436 g/mol. The third kappa shape index (κ3) is 3.54. The zero-order valence-corrected chi connectivity index (χ0v) is 17.8. The number of nitrogens with zero attached hydrogens (tertiary/aromatic N) is 3. The Morgan fingerprint density at radius 3 is 2.72 bits per heavy atom. The number of aromatic nitrogens is 4. The second-order valence-electron chi connectivity index (χ2n) is 8.45. The van der Waals surface area contributed by atoms with Gasteiger partial charge in [-0.3, -0.25) is 18.3 Å². The second kappa shape index (κ2) is 8.35. The van der Waals surface area contributed by atoms with E-state index in [9.17, 15) is 14.0 Å². The van der Waals surface area contributed by atoms with Crippen LogP contribution < -0.4 is 17.0 Å². The Balaban J connectivity index is 1.74. The quantitative estimate of drug-likeness (QED) is 0.414. The van der Waals surface area contributed by atoms with E-state index in [4.69, 9.17) is 10.7 Å². The molecule has 0 amide bonds. The molecular formula is C24H26FN5O2. The number of nitrogens with two attached hydrogens (primary N) is 1. The van der Waals surface area contributed by atoms with E-state index in [0.717, 1.165) is 29.4 Å². The zero-order chi connectivity index (χ0) is 22.2. The first kappa shape index (κ1) is 20.6. The molecule has 32 heavy (non-hydrogen) atoms. The summed E-state index contributed by atoms with van der Waals surface area (Å²) >= 11 is 0. The summed E-state index contributed by atoms with van der Waals surface area (Å²) in [6, 6.07) is 12.5. The van der Waals surface area contributed by atoms with Crippen LogP contribution >= 0.6 is 0 Å². The molecule has 4 aromatic rings. The first-order valence-electron chi connectivity index (χ1n) is 11.1. The van der Waals surface area contributed by atoms with Gasteiger partial charge in [-0.05, 0) is 61.9 Å². The number of aromatic amines is 1. The largest absolute Gasteiger partial charge is 0.340 e. The highest BCUT2D eigenvalue weighted by Crippen LogP contribution is 2.33. The molecule has 5 rings (SSSR count). The van der Waals surface area contributed by atoms with Crippen LogP contribution in [0.4, 0.5) is 4.39 Å². The molecule has 2 aromatic carbocycles. The molecule has 0 spiro atoms. The Kier molecular flexibility index (Phi) is 5.38. The summed E-state index contributed by atoms with van der Waals surface area (Å²) in [5.74, 6) is 0.626. The van der Waals surface area contributed by atoms with Gasteiger partial charge in [0.1, 0.15) is 5.82 Å². The van der Waals surface area contributed by atoms with Crippen LogP contribution in [0.3, 0.4) is 0 Å². The lowest BCUT2D eigenvalue weighted by molar-refractivity contribution is 0.419. The highest BCUT2D eigenvalue weighted by molar-refractivity contribution is 5.79. The minimum atomic E-state index is -0.446. The van der Waals surface area contributed by atoms with E-state index >= 15 is 0 Å². The minimum Gasteiger partial charge on any atom is -0.340 e. The van der Waals surface area contributed by atoms with Crippen molar-refractivity contribution in [1.82, 2.24) is 19.1 Å². The summed E-state index contributed by atoms with van der Waals surface area (Å²) in [5, 5.41) is 0.510. The normalized spacial score (nSPS) is 14.9. The van der Waals surface area contributed by atoms with Crippen molar-refractivity contribution < 1.29 is 4.39 Å². The van der Waals surface area contributed by atoms with Crippen molar-refractivity contribution in [3.63, 3.8) is 0 Å². The Labute approximate surface area is 183 Å². The number of hydrogen-bond acceptors (Lipinski definition) is 4. The third-order valence-corrected chi connectivity index (χ3v) is 6.23. The van der Waals surface area contributed by atoms with Crippen LogP contribution in [0, 0.1) is 0 Å². The zero-order valence-electron chi connectivity index (χ0n) is 17.8. The van der Waals surface area contributed by atoms with Crippen LogP contribution in [0.25, 0.3) is 21.9 Å². The molecule has 1 aliphatic rings. The highest BCUT2D eigenvalue weighted by atomic mass is 19.1. The summed E-state index contributed by atoms with van der Waals surface area (Å²) in [7, 11) is 0. The lowest BCUT2D eigenvalue weighted by Crippen LogP contribution is -2.41. The van der Waals surface area contributed by atoms with E-state index < -0.39 is 12.7 Å². The number of hydrogen-bond donors (Lipinski definition) is 2. The number of unbranched alkanes of at least 4 members (excludes halogenated alkanes) is 1. The Morgan fingerprint density at radius 2 is 1.97 bits per heavy atom. The van der Waals surface area contributed by atoms with Gasteiger partial charge in [-0.1, -0.05) is 18.2 Å². The SMILES string of the molecule is NCc1ccc2nc(C(CCCCF)n3c(=O)n(C4CC4)c(=O)c4ccccc43)[nH]c2c1. The molecule has 0 bridgehead atoms. The van der Waals surface area contributed by atoms with E-state index in [1.54, 1.807) is 16.7 Å². The van der Waals surface area contributed by atoms with Gasteiger partial charge in [0.2, 0.25) is 0 Å². The van der Waals surface area contributed by atoms with Crippen molar-refractivity contribution in [2.75, 3.05) is 6.67 Å². The minimum absolute atomic E-state index is 0.0554. The summed E-state index contributed by atoms with van der Waals surface area (Å²) in [5.41, 5.74) is 8.38. The number of benzene rings is 2. The number of H-pyrrole nitrogens is 1. The maximum Gasteiger partial charge on any atom is 0.332 e. The molecule has 166 valence electrons. The van der Waals surface area contributed by atoms with Crippen molar-refractivity contribution in [1.29, 1.82) is 0 Å². The Hall–Kier alpha value is -3.26. The van der Waals surface area contributed by atoms with Gasteiger partial charge in [0, 0.05) is 12.6 Å². The van der Waals surface area contributed by atoms with Crippen LogP contribution in [0.1, 0.15) is 55.6 Å². The molecule has 8 heteroatoms. The summed E-state index contributed by atoms with van der Waals surface area (Å²) < 4.78 is 16.0. The fourth-order valence-electron chi connectivity index (χ4n) is 4.44. The van der Waals surface area contributed by atoms with Crippen LogP contribution in [0.2, 0.25) is 0 Å². The summed E-state index contributed by atoms with van der Waals surface area (Å²) in [6.07, 6.45) is 3.18. The molecule has 1 aliphatic carbocycles. The first-order chi connectivity index (χ1) is 15.6. The summed E-state index contributed by atoms with van der Waals surface area (Å²) in [4.78, 5) is 34.8. The molecule has 0 aliphatic heterocycles. The number of imidazole rings is 1. The van der Waals surface area contributed by atoms with Crippen molar-refractivity contribution in [3.05, 3.63) is 74.7 Å². The molecule has 1 atom stereocenters. The smallest absolute Gasteiger partial charge is 0.332 e. The van der Waals surface area contributed by atoms with Crippen molar-refractivity contribution >= 4 is 21.9 Å². The monoisotopic (exact) mass is 435 g/mol. The molecule has 3 N–H and O–H groups in total. The number of rotatable bonds is 8. The van der Waals surface area contributed by atoms with Gasteiger partial charge in [-0.2, -0.15) is 0 Å². The Bertz CT molecular complexity index is 1400. The number of fused-ring (bicyclic) bond motifs is 2. The second-order valence-corrected chi connectivity index (χ2v) is 8.45. The van der Waals surface area contributed by atoms with Crippen LogP contribution in [-0.2, 0) is 6.54 Å². The predicted octanol–water partition coefficient (Wildman–Crippen LogP) is 3.56. The first-order valence-corrected chi connectivity index (χ1v) is 11.1. The lowest BCUT2D eigenvalue weighted by Gasteiger charge is -2.21. The van der Waals surface area contributed by atoms with Crippen molar-refractivity contribution in [2.24, 2.45) is 5.73 Å². The van der Waals surface area contributed by atoms with E-state index in [1.807, 2.05) is 30.3 Å². The third-order valence-electron chi connectivity index (χ3n) is 6.23. The van der Waals surface area contributed by atoms with Gasteiger partial charge in [-0.25, -0.2) is 9.78 Å². The fourth-order valence-corrected chi connectivity index (χ4v) is 4.44. The molecule has 2 heterocycles. The van der Waals surface area contributed by atoms with E-state index in [1.165, 1.54) is 4.57 Å². The molecule has 1 unspecified atom stereocenters. The van der Waals surface area contributed by atoms with Gasteiger partial charge in [-0.15, -0.1) is 0 Å². The topological polar surface area (TPSA) is 98.7 Å². The highest BCUT2D eigenvalue weighted by Gasteiger charge is 2.31. The molecular weight excluding hydrogens is 409 g/mol. The van der Waals surface area contributed by atoms with E-state index in [2.05, 4.69) is 4.98 Å². The van der Waals surface area contributed by atoms with Gasteiger partial charge < -0.3 is 10.7 Å². The fraction of sp³-hybridized carbons (Fsp3) is 0.375. The summed E-state index contributed by atoms with van der Waals surface area (Å²) in [6.45, 7) is 0.00456. The Morgan fingerprint density at radius 1 is 1.16 bits per heavy atom. The van der Waals surface area contributed by atoms with Gasteiger partial charge >= 0.3 is 5.69 Å². The molecule has 7 nitrogen and oxygen atoms in total. The molecule has 1 fully saturated rings. The van der Waals surface area contributed by atoms with Gasteiger partial charge in [0.15, 0.2) is 0 Å². The number of para-hydroxylation sites is 1. The van der Waals surface area contributed by atoms with Crippen LogP contribution in [0.5, 0.6) is 0 Å². The molecule has 1 saturated carbocycles. The number of nitrogens with one attached hydrogen (secondary N) is 1. The average Bonchev–Trinajstić information content (AvgIpc) is 3.55. The standard InChI is InChI=1S/C24H26FN5O2/c25-12-4-3-7-21(22-27-18-11-8-15(14-26)13-19(18)28-22)30-20-6-2-1-5-17(20)23(31)29(24(30)32)16-9-10-16/h1-2,5-6,8,11,13,16,21H,3-4,7,9-10,12,14,26H2,(H,27,28). The van der Waals surface area contributed by atoms with E-state index in [0.29, 0.717) is 42.5 Å². The number of halogens is 1. The molecule has 0 radical (unpaired) electrons.